The molecule has 1 amide bonds. The van der Waals surface area contributed by atoms with Gasteiger partial charge in [-0.2, -0.15) is 0 Å². The number of benzene rings is 1. The summed E-state index contributed by atoms with van der Waals surface area (Å²) in [5, 5.41) is 11.6. The van der Waals surface area contributed by atoms with Crippen LogP contribution >= 0.6 is 0 Å². The highest BCUT2D eigenvalue weighted by Crippen LogP contribution is 2.46. The maximum Gasteiger partial charge on any atom is 0.319 e. The number of rotatable bonds is 5. The van der Waals surface area contributed by atoms with Gasteiger partial charge in [-0.05, 0) is 30.5 Å². The van der Waals surface area contributed by atoms with Gasteiger partial charge in [0.05, 0.1) is 0 Å². The summed E-state index contributed by atoms with van der Waals surface area (Å²) in [5.74, 6) is -1.14. The molecule has 6 heteroatoms. The van der Waals surface area contributed by atoms with Gasteiger partial charge >= 0.3 is 5.97 Å². The van der Waals surface area contributed by atoms with Gasteiger partial charge in [0.1, 0.15) is 5.41 Å². The molecule has 1 aromatic carbocycles. The van der Waals surface area contributed by atoms with Gasteiger partial charge < -0.3 is 10.4 Å². The molecule has 102 valence electrons. The largest absolute Gasteiger partial charge is 0.480 e. The summed E-state index contributed by atoms with van der Waals surface area (Å²) in [4.78, 5) is 22.9. The number of carboxylic acid groups (broad SMARTS) is 1. The molecule has 1 unspecified atom stereocenters. The summed E-state index contributed by atoms with van der Waals surface area (Å²) < 4.78 is 11.2. The van der Waals surface area contributed by atoms with Gasteiger partial charge in [-0.1, -0.05) is 12.1 Å². The molecule has 1 aliphatic carbocycles. The number of anilines is 1. The Morgan fingerprint density at radius 1 is 1.42 bits per heavy atom. The van der Waals surface area contributed by atoms with E-state index in [1.807, 2.05) is 6.07 Å². The predicted octanol–water partition coefficient (Wildman–Crippen LogP) is 1.37. The summed E-state index contributed by atoms with van der Waals surface area (Å²) in [6, 6.07) is 6.98. The van der Waals surface area contributed by atoms with Gasteiger partial charge in [0, 0.05) is 28.5 Å². The summed E-state index contributed by atoms with van der Waals surface area (Å²) in [5.41, 5.74) is 0.142. The third kappa shape index (κ3) is 3.01. The standard InChI is InChI=1S/C13H15NO4S/c1-19(18)8-9-3-2-4-10(7-9)14-11(15)13(5-6-13)12(16)17/h2-4,7H,5-6,8H2,1H3,(H,14,15)(H,16,17). The van der Waals surface area contributed by atoms with Crippen LogP contribution in [0.25, 0.3) is 0 Å². The van der Waals surface area contributed by atoms with Crippen LogP contribution in [0.2, 0.25) is 0 Å². The van der Waals surface area contributed by atoms with Crippen molar-refractivity contribution in [3.8, 4) is 0 Å². The molecule has 0 aliphatic heterocycles. The van der Waals surface area contributed by atoms with E-state index in [0.29, 0.717) is 24.3 Å². The van der Waals surface area contributed by atoms with Crippen LogP contribution in [0.1, 0.15) is 18.4 Å². The maximum atomic E-state index is 11.9. The van der Waals surface area contributed by atoms with Crippen LogP contribution in [-0.4, -0.2) is 27.4 Å². The third-order valence-electron chi connectivity index (χ3n) is 3.15. The number of carbonyl (C=O) groups is 2. The molecule has 0 spiro atoms. The zero-order chi connectivity index (χ0) is 14.0. The first-order chi connectivity index (χ1) is 8.94. The summed E-state index contributed by atoms with van der Waals surface area (Å²) in [6.07, 6.45) is 2.37. The number of nitrogens with one attached hydrogen (secondary N) is 1. The van der Waals surface area contributed by atoms with Crippen molar-refractivity contribution in [3.05, 3.63) is 29.8 Å². The van der Waals surface area contributed by atoms with E-state index in [4.69, 9.17) is 5.11 Å². The average molecular weight is 281 g/mol. The van der Waals surface area contributed by atoms with Crippen LogP contribution in [-0.2, 0) is 26.1 Å². The summed E-state index contributed by atoms with van der Waals surface area (Å²) >= 11 is 0. The Balaban J connectivity index is 2.09. The SMILES string of the molecule is CS(=O)Cc1cccc(NC(=O)C2(C(=O)O)CC2)c1. The average Bonchev–Trinajstić information content (AvgIpc) is 3.09. The van der Waals surface area contributed by atoms with Gasteiger partial charge in [0.25, 0.3) is 0 Å². The Hall–Kier alpha value is -1.69. The second-order valence-electron chi connectivity index (χ2n) is 4.76. The molecule has 0 aromatic heterocycles. The Kier molecular flexibility index (Phi) is 3.71. The minimum Gasteiger partial charge on any atom is -0.480 e. The zero-order valence-electron chi connectivity index (χ0n) is 10.5. The quantitative estimate of drug-likeness (QED) is 0.798. The fourth-order valence-corrected chi connectivity index (χ4v) is 2.54. The molecule has 1 aliphatic rings. The second-order valence-corrected chi connectivity index (χ2v) is 6.19. The van der Waals surface area contributed by atoms with Crippen molar-refractivity contribution in [1.82, 2.24) is 0 Å². The van der Waals surface area contributed by atoms with Crippen molar-refractivity contribution in [3.63, 3.8) is 0 Å². The Bertz CT molecular complexity index is 551. The lowest BCUT2D eigenvalue weighted by Crippen LogP contribution is -2.31. The van der Waals surface area contributed by atoms with Crippen molar-refractivity contribution < 1.29 is 18.9 Å². The van der Waals surface area contributed by atoms with Gasteiger partial charge in [-0.15, -0.1) is 0 Å². The summed E-state index contributed by atoms with van der Waals surface area (Å²) in [6.45, 7) is 0. The van der Waals surface area contributed by atoms with Crippen molar-refractivity contribution in [2.24, 2.45) is 5.41 Å². The third-order valence-corrected chi connectivity index (χ3v) is 3.89. The van der Waals surface area contributed by atoms with Crippen molar-refractivity contribution >= 4 is 28.4 Å². The topological polar surface area (TPSA) is 83.5 Å². The molecule has 1 saturated carbocycles. The first-order valence-electron chi connectivity index (χ1n) is 5.88. The number of hydrogen-bond donors (Lipinski definition) is 2. The molecule has 2 N–H and O–H groups in total. The van der Waals surface area contributed by atoms with Gasteiger partial charge in [0.15, 0.2) is 0 Å². The van der Waals surface area contributed by atoms with E-state index in [0.717, 1.165) is 5.56 Å². The Morgan fingerprint density at radius 3 is 2.63 bits per heavy atom. The normalized spacial score (nSPS) is 17.5. The van der Waals surface area contributed by atoms with Crippen molar-refractivity contribution in [2.45, 2.75) is 18.6 Å². The summed E-state index contributed by atoms with van der Waals surface area (Å²) in [7, 11) is -0.956. The Morgan fingerprint density at radius 2 is 2.11 bits per heavy atom. The van der Waals surface area contributed by atoms with E-state index < -0.39 is 28.1 Å². The molecule has 5 nitrogen and oxygen atoms in total. The fraction of sp³-hybridized carbons (Fsp3) is 0.385. The van der Waals surface area contributed by atoms with Crippen molar-refractivity contribution in [1.29, 1.82) is 0 Å². The molecule has 1 fully saturated rings. The number of carboxylic acids is 1. The highest BCUT2D eigenvalue weighted by Gasteiger charge is 2.57. The molecule has 1 aromatic rings. The van der Waals surface area contributed by atoms with E-state index in [1.165, 1.54) is 0 Å². The lowest BCUT2D eigenvalue weighted by molar-refractivity contribution is -0.147. The number of carbonyl (C=O) groups excluding carboxylic acids is 1. The van der Waals surface area contributed by atoms with Gasteiger partial charge in [-0.3, -0.25) is 13.8 Å². The first-order valence-corrected chi connectivity index (χ1v) is 7.60. The monoisotopic (exact) mass is 281 g/mol. The van der Waals surface area contributed by atoms with Crippen molar-refractivity contribution in [2.75, 3.05) is 11.6 Å². The molecular weight excluding hydrogens is 266 g/mol. The molecule has 19 heavy (non-hydrogen) atoms. The lowest BCUT2D eigenvalue weighted by atomic mass is 10.1. The molecule has 2 rings (SSSR count). The van der Waals surface area contributed by atoms with Gasteiger partial charge in [0.2, 0.25) is 5.91 Å². The zero-order valence-corrected chi connectivity index (χ0v) is 11.3. The molecular formula is C13H15NO4S. The number of amides is 1. The molecule has 1 atom stereocenters. The van der Waals surface area contributed by atoms with Crippen LogP contribution < -0.4 is 5.32 Å². The molecule has 0 saturated heterocycles. The van der Waals surface area contributed by atoms with Gasteiger partial charge in [-0.25, -0.2) is 0 Å². The minimum absolute atomic E-state index is 0.382. The number of aliphatic carboxylic acids is 1. The highest BCUT2D eigenvalue weighted by molar-refractivity contribution is 7.83. The molecule has 0 radical (unpaired) electrons. The predicted molar refractivity (Wildman–Crippen MR) is 72.1 cm³/mol. The van der Waals surface area contributed by atoms with E-state index in [9.17, 15) is 13.8 Å². The highest BCUT2D eigenvalue weighted by atomic mass is 32.2. The van der Waals surface area contributed by atoms with Crippen LogP contribution in [0.5, 0.6) is 0 Å². The maximum absolute atomic E-state index is 11.9. The smallest absolute Gasteiger partial charge is 0.319 e. The van der Waals surface area contributed by atoms with Crippen LogP contribution in [0.4, 0.5) is 5.69 Å². The molecule has 0 heterocycles. The van der Waals surface area contributed by atoms with E-state index in [1.54, 1.807) is 24.5 Å². The van der Waals surface area contributed by atoms with Crippen LogP contribution in [0.3, 0.4) is 0 Å². The Labute approximate surface area is 113 Å². The molecule has 0 bridgehead atoms. The number of hydrogen-bond acceptors (Lipinski definition) is 3. The second kappa shape index (κ2) is 5.13. The van der Waals surface area contributed by atoms with E-state index >= 15 is 0 Å². The minimum atomic E-state index is -1.25. The fourth-order valence-electron chi connectivity index (χ4n) is 1.89. The van der Waals surface area contributed by atoms with E-state index in [2.05, 4.69) is 5.32 Å². The lowest BCUT2D eigenvalue weighted by Gasteiger charge is -2.11. The van der Waals surface area contributed by atoms with Crippen LogP contribution in [0.15, 0.2) is 24.3 Å². The van der Waals surface area contributed by atoms with E-state index in [-0.39, 0.29) is 0 Å². The first kappa shape index (κ1) is 13.7. The van der Waals surface area contributed by atoms with Crippen LogP contribution in [0, 0.1) is 5.41 Å².